The molecule has 0 bridgehead atoms. The van der Waals surface area contributed by atoms with Gasteiger partial charge in [-0.05, 0) is 32.9 Å². The number of hydrogen-bond donors (Lipinski definition) is 0. The van der Waals surface area contributed by atoms with E-state index in [4.69, 9.17) is 11.6 Å². The van der Waals surface area contributed by atoms with E-state index >= 15 is 0 Å². The van der Waals surface area contributed by atoms with Gasteiger partial charge < -0.3 is 9.64 Å². The molecule has 1 rings (SSSR count). The fraction of sp³-hybridized carbons (Fsp3) is 0.467. The van der Waals surface area contributed by atoms with E-state index in [1.54, 1.807) is 6.07 Å². The average Bonchev–Trinajstić information content (AvgIpc) is 2.45. The van der Waals surface area contributed by atoms with E-state index in [1.165, 1.54) is 23.8 Å². The van der Waals surface area contributed by atoms with Crippen LogP contribution in [0.3, 0.4) is 0 Å². The highest BCUT2D eigenvalue weighted by Crippen LogP contribution is 2.30. The van der Waals surface area contributed by atoms with Crippen LogP contribution in [0.15, 0.2) is 29.2 Å². The second-order valence-corrected chi connectivity index (χ2v) is 6.62. The number of methoxy groups -OCH3 is 1. The van der Waals surface area contributed by atoms with Gasteiger partial charge in [-0.25, -0.2) is 0 Å². The number of carbonyl (C=O) groups is 2. The Morgan fingerprint density at radius 3 is 2.43 bits per heavy atom. The molecule has 4 nitrogen and oxygen atoms in total. The van der Waals surface area contributed by atoms with Gasteiger partial charge in [0.1, 0.15) is 6.54 Å². The zero-order valence-corrected chi connectivity index (χ0v) is 14.2. The maximum absolute atomic E-state index is 12.5. The van der Waals surface area contributed by atoms with Crippen LogP contribution in [0.5, 0.6) is 0 Å². The number of thioether (sulfide) groups is 1. The van der Waals surface area contributed by atoms with Gasteiger partial charge in [0, 0.05) is 10.9 Å². The van der Waals surface area contributed by atoms with Crippen LogP contribution < -0.4 is 0 Å². The highest BCUT2D eigenvalue weighted by atomic mass is 35.5. The maximum Gasteiger partial charge on any atom is 0.325 e. The van der Waals surface area contributed by atoms with Gasteiger partial charge in [-0.15, -0.1) is 11.8 Å². The van der Waals surface area contributed by atoms with E-state index < -0.39 is 5.97 Å². The van der Waals surface area contributed by atoms with E-state index in [0.717, 1.165) is 4.90 Å². The minimum atomic E-state index is -0.424. The molecule has 0 radical (unpaired) electrons. The molecule has 0 spiro atoms. The lowest BCUT2D eigenvalue weighted by Crippen LogP contribution is -2.44. The monoisotopic (exact) mass is 329 g/mol. The summed E-state index contributed by atoms with van der Waals surface area (Å²) < 4.78 is 4.64. The molecule has 1 aromatic rings. The van der Waals surface area contributed by atoms with Crippen molar-refractivity contribution in [3.8, 4) is 0 Å². The number of amides is 1. The molecule has 0 saturated carbocycles. The zero-order chi connectivity index (χ0) is 16.0. The Bertz CT molecular complexity index is 507. The molecular formula is C15H20ClNO3S. The van der Waals surface area contributed by atoms with Crippen molar-refractivity contribution in [2.24, 2.45) is 0 Å². The molecule has 0 heterocycles. The summed E-state index contributed by atoms with van der Waals surface area (Å²) in [6.45, 7) is 5.50. The predicted octanol–water partition coefficient (Wildman–Crippen LogP) is 3.23. The van der Waals surface area contributed by atoms with Crippen LogP contribution in [-0.2, 0) is 14.3 Å². The summed E-state index contributed by atoms with van der Waals surface area (Å²) in [5.74, 6) is -0.535. The molecule has 6 heteroatoms. The number of hydrogen-bond acceptors (Lipinski definition) is 4. The van der Waals surface area contributed by atoms with Crippen molar-refractivity contribution >= 4 is 35.2 Å². The summed E-state index contributed by atoms with van der Waals surface area (Å²) in [4.78, 5) is 26.3. The highest BCUT2D eigenvalue weighted by Gasteiger charge is 2.26. The first-order valence-electron chi connectivity index (χ1n) is 6.65. The largest absolute Gasteiger partial charge is 0.468 e. The maximum atomic E-state index is 12.5. The average molecular weight is 330 g/mol. The number of carbonyl (C=O) groups excluding carboxylic acids is 2. The Morgan fingerprint density at radius 1 is 1.29 bits per heavy atom. The van der Waals surface area contributed by atoms with Gasteiger partial charge in [0.15, 0.2) is 0 Å². The number of halogens is 1. The number of esters is 1. The third-order valence-corrected chi connectivity index (χ3v) is 4.53. The first kappa shape index (κ1) is 17.9. The van der Waals surface area contributed by atoms with Crippen molar-refractivity contribution in [1.82, 2.24) is 4.90 Å². The van der Waals surface area contributed by atoms with Gasteiger partial charge >= 0.3 is 5.97 Å². The first-order chi connectivity index (χ1) is 9.86. The summed E-state index contributed by atoms with van der Waals surface area (Å²) in [6, 6.07) is 7.30. The van der Waals surface area contributed by atoms with Crippen LogP contribution in [0.25, 0.3) is 0 Å². The van der Waals surface area contributed by atoms with Crippen molar-refractivity contribution in [3.63, 3.8) is 0 Å². The Morgan fingerprint density at radius 2 is 1.90 bits per heavy atom. The van der Waals surface area contributed by atoms with Gasteiger partial charge in [0.2, 0.25) is 5.91 Å². The van der Waals surface area contributed by atoms with Crippen LogP contribution in [0.2, 0.25) is 5.02 Å². The molecule has 116 valence electrons. The fourth-order valence-corrected chi connectivity index (χ4v) is 2.96. The van der Waals surface area contributed by atoms with Crippen molar-refractivity contribution in [2.45, 2.75) is 37.0 Å². The van der Waals surface area contributed by atoms with E-state index in [9.17, 15) is 9.59 Å². The molecule has 0 N–H and O–H groups in total. The van der Waals surface area contributed by atoms with Crippen LogP contribution in [0.4, 0.5) is 0 Å². The minimum Gasteiger partial charge on any atom is -0.468 e. The fourth-order valence-electron chi connectivity index (χ4n) is 1.73. The smallest absolute Gasteiger partial charge is 0.325 e. The van der Waals surface area contributed by atoms with Crippen molar-refractivity contribution in [2.75, 3.05) is 13.7 Å². The molecule has 0 aromatic heterocycles. The van der Waals surface area contributed by atoms with Gasteiger partial charge in [-0.3, -0.25) is 9.59 Å². The molecule has 1 aromatic carbocycles. The van der Waals surface area contributed by atoms with E-state index in [-0.39, 0.29) is 23.7 Å². The summed E-state index contributed by atoms with van der Waals surface area (Å²) in [6.07, 6.45) is 0. The Hall–Kier alpha value is -1.20. The Balaban J connectivity index is 2.79. The topological polar surface area (TPSA) is 46.6 Å². The third-order valence-electron chi connectivity index (χ3n) is 2.92. The standard InChI is InChI=1S/C15H20ClNO3S/c1-10(2)17(9-14(18)20-4)15(19)11(3)21-13-8-6-5-7-12(13)16/h5-8,10-11H,9H2,1-4H3. The first-order valence-corrected chi connectivity index (χ1v) is 7.91. The quantitative estimate of drug-likeness (QED) is 0.594. The normalized spacial score (nSPS) is 12.1. The second-order valence-electron chi connectivity index (χ2n) is 4.83. The minimum absolute atomic E-state index is 0.0412. The molecule has 0 saturated heterocycles. The third kappa shape index (κ3) is 5.25. The van der Waals surface area contributed by atoms with E-state index in [0.29, 0.717) is 5.02 Å². The molecule has 0 fully saturated rings. The number of rotatable bonds is 6. The zero-order valence-electron chi connectivity index (χ0n) is 12.6. The summed E-state index contributed by atoms with van der Waals surface area (Å²) in [5.41, 5.74) is 0. The molecule has 21 heavy (non-hydrogen) atoms. The van der Waals surface area contributed by atoms with Gasteiger partial charge in [-0.1, -0.05) is 23.7 Å². The summed E-state index contributed by atoms with van der Waals surface area (Å²) >= 11 is 7.49. The van der Waals surface area contributed by atoms with Crippen LogP contribution in [0.1, 0.15) is 20.8 Å². The second kappa shape index (κ2) is 8.29. The lowest BCUT2D eigenvalue weighted by molar-refractivity contribution is -0.147. The molecule has 0 aliphatic rings. The van der Waals surface area contributed by atoms with Crippen molar-refractivity contribution in [3.05, 3.63) is 29.3 Å². The Kier molecular flexibility index (Phi) is 7.05. The highest BCUT2D eigenvalue weighted by molar-refractivity contribution is 8.00. The van der Waals surface area contributed by atoms with Crippen molar-refractivity contribution < 1.29 is 14.3 Å². The van der Waals surface area contributed by atoms with Crippen LogP contribution in [-0.4, -0.2) is 41.7 Å². The molecule has 0 aliphatic carbocycles. The molecule has 1 amide bonds. The van der Waals surface area contributed by atoms with Gasteiger partial charge in [-0.2, -0.15) is 0 Å². The molecular weight excluding hydrogens is 310 g/mol. The Labute approximate surface area is 134 Å². The van der Waals surface area contributed by atoms with Crippen LogP contribution >= 0.6 is 23.4 Å². The predicted molar refractivity (Wildman–Crippen MR) is 85.6 cm³/mol. The van der Waals surface area contributed by atoms with Gasteiger partial charge in [0.05, 0.1) is 17.4 Å². The SMILES string of the molecule is COC(=O)CN(C(=O)C(C)Sc1ccccc1Cl)C(C)C. The van der Waals surface area contributed by atoms with Crippen LogP contribution in [0, 0.1) is 0 Å². The molecule has 0 aliphatic heterocycles. The van der Waals surface area contributed by atoms with Crippen molar-refractivity contribution in [1.29, 1.82) is 0 Å². The summed E-state index contributed by atoms with van der Waals surface area (Å²) in [5, 5.41) is 0.281. The van der Waals surface area contributed by atoms with Gasteiger partial charge in [0.25, 0.3) is 0 Å². The van der Waals surface area contributed by atoms with E-state index in [2.05, 4.69) is 4.74 Å². The lowest BCUT2D eigenvalue weighted by Gasteiger charge is -2.28. The van der Waals surface area contributed by atoms with E-state index in [1.807, 2.05) is 39.0 Å². The molecule has 1 unspecified atom stereocenters. The number of benzene rings is 1. The lowest BCUT2D eigenvalue weighted by atomic mass is 10.2. The number of ether oxygens (including phenoxy) is 1. The molecule has 1 atom stereocenters. The summed E-state index contributed by atoms with van der Waals surface area (Å²) in [7, 11) is 1.31. The number of nitrogens with zero attached hydrogens (tertiary/aromatic N) is 1.